The highest BCUT2D eigenvalue weighted by Crippen LogP contribution is 2.40. The maximum absolute atomic E-state index is 14.9. The minimum atomic E-state index is -1.46. The van der Waals surface area contributed by atoms with Gasteiger partial charge in [0.05, 0.1) is 23.9 Å². The minimum absolute atomic E-state index is 0.0188. The highest BCUT2D eigenvalue weighted by Gasteiger charge is 2.36. The van der Waals surface area contributed by atoms with Gasteiger partial charge in [0.2, 0.25) is 29.5 Å². The molecule has 0 saturated carbocycles. The number of nitrogens with two attached hydrogens (primary N) is 3. The molecule has 0 fully saturated rings. The van der Waals surface area contributed by atoms with Gasteiger partial charge in [0.25, 0.3) is 5.91 Å². The molecule has 6 amide bonds. The second kappa shape index (κ2) is 24.0. The van der Waals surface area contributed by atoms with Crippen molar-refractivity contribution >= 4 is 35.4 Å². The van der Waals surface area contributed by atoms with Crippen molar-refractivity contribution in [2.75, 3.05) is 53.0 Å². The summed E-state index contributed by atoms with van der Waals surface area (Å²) in [6, 6.07) is 14.5. The summed E-state index contributed by atoms with van der Waals surface area (Å²) >= 11 is 0. The fourth-order valence-corrected chi connectivity index (χ4v) is 7.61. The van der Waals surface area contributed by atoms with Gasteiger partial charge in [-0.15, -0.1) is 0 Å². The Morgan fingerprint density at radius 1 is 0.942 bits per heavy atom. The second-order valence-electron chi connectivity index (χ2n) is 17.6. The van der Waals surface area contributed by atoms with Crippen LogP contribution in [-0.4, -0.2) is 121 Å². The first-order valence-electron chi connectivity index (χ1n) is 22.6. The van der Waals surface area contributed by atoms with Crippen LogP contribution in [0.15, 0.2) is 66.9 Å². The normalized spacial score (nSPS) is 16.4. The smallest absolute Gasteiger partial charge is 0.255 e. The molecule has 20 nitrogen and oxygen atoms in total. The van der Waals surface area contributed by atoms with Crippen molar-refractivity contribution in [3.63, 3.8) is 0 Å². The number of likely N-dealkylation sites (N-methyl/N-ethyl adjacent to an activating group) is 1. The summed E-state index contributed by atoms with van der Waals surface area (Å²) in [5.74, 6) is -3.07. The van der Waals surface area contributed by atoms with E-state index in [1.54, 1.807) is 43.3 Å². The number of aryl methyl sites for hydroxylation is 1. The lowest BCUT2D eigenvalue weighted by atomic mass is 9.87. The maximum atomic E-state index is 14.9. The Labute approximate surface area is 401 Å². The first-order chi connectivity index (χ1) is 32.9. The van der Waals surface area contributed by atoms with E-state index in [-0.39, 0.29) is 75.3 Å². The lowest BCUT2D eigenvalue weighted by Gasteiger charge is -2.33. The molecule has 69 heavy (non-hydrogen) atoms. The van der Waals surface area contributed by atoms with Crippen LogP contribution in [0.2, 0.25) is 0 Å². The highest BCUT2D eigenvalue weighted by molar-refractivity contribution is 6.00. The molecule has 4 atom stereocenters. The van der Waals surface area contributed by atoms with Crippen LogP contribution in [0.4, 0.5) is 0 Å². The summed E-state index contributed by atoms with van der Waals surface area (Å²) in [5, 5.41) is 22.8. The maximum Gasteiger partial charge on any atom is 0.255 e. The van der Waals surface area contributed by atoms with Crippen LogP contribution in [0.5, 0.6) is 11.5 Å². The minimum Gasteiger partial charge on any atom is -0.492 e. The summed E-state index contributed by atoms with van der Waals surface area (Å²) in [6.45, 7) is 9.51. The first kappa shape index (κ1) is 52.5. The number of hydrogen-bond donors (Lipinski definition) is 8. The van der Waals surface area contributed by atoms with Crippen molar-refractivity contribution < 1.29 is 38.2 Å². The van der Waals surface area contributed by atoms with E-state index in [1.165, 1.54) is 20.2 Å². The lowest BCUT2D eigenvalue weighted by molar-refractivity contribution is -0.141. The van der Waals surface area contributed by atoms with Crippen molar-refractivity contribution in [2.24, 2.45) is 17.2 Å². The monoisotopic (exact) mass is 946 g/mol. The van der Waals surface area contributed by atoms with Crippen LogP contribution >= 0.6 is 0 Å². The number of nitriles is 1. The van der Waals surface area contributed by atoms with Gasteiger partial charge in [-0.1, -0.05) is 57.2 Å². The molecule has 5 rings (SSSR count). The summed E-state index contributed by atoms with van der Waals surface area (Å²) in [7, 11) is 1.38. The zero-order valence-electron chi connectivity index (χ0n) is 39.8. The molecule has 4 aromatic rings. The molecule has 11 N–H and O–H groups in total. The van der Waals surface area contributed by atoms with Crippen LogP contribution < -0.4 is 53.3 Å². The molecule has 1 aromatic heterocycles. The van der Waals surface area contributed by atoms with E-state index in [1.807, 2.05) is 30.3 Å². The predicted octanol–water partition coefficient (Wildman–Crippen LogP) is 1.04. The molecule has 2 heterocycles. The molecule has 1 unspecified atom stereocenters. The van der Waals surface area contributed by atoms with Crippen LogP contribution in [0.3, 0.4) is 0 Å². The van der Waals surface area contributed by atoms with Gasteiger partial charge in [-0.25, -0.2) is 9.97 Å². The Morgan fingerprint density at radius 2 is 1.59 bits per heavy atom. The molecule has 1 aliphatic rings. The molecule has 0 spiro atoms. The SMILES string of the molecule is Cc1nc(-c2ccc(C(C)(C)C)cc2)ncc1C(=O)NC(CCNCC(N)=O)C(=O)N(C)[C@@H]1C(=O)N[C@@H](C)C(=O)N[C@H](C(=O)NCC#N)Cc2ccc(OCCN)c(c2)-c2cc1ccc2OCCN. The molecule has 0 saturated heterocycles. The van der Waals surface area contributed by atoms with Gasteiger partial charge in [0.15, 0.2) is 5.82 Å². The zero-order valence-corrected chi connectivity index (χ0v) is 39.8. The summed E-state index contributed by atoms with van der Waals surface area (Å²) < 4.78 is 12.2. The van der Waals surface area contributed by atoms with Gasteiger partial charge in [-0.3, -0.25) is 28.8 Å². The van der Waals surface area contributed by atoms with E-state index in [9.17, 15) is 34.0 Å². The van der Waals surface area contributed by atoms with E-state index >= 15 is 0 Å². The Hall–Kier alpha value is -7.47. The Bertz CT molecular complexity index is 2560. The zero-order chi connectivity index (χ0) is 50.4. The predicted molar refractivity (Wildman–Crippen MR) is 257 cm³/mol. The van der Waals surface area contributed by atoms with E-state index in [4.69, 9.17) is 26.7 Å². The average Bonchev–Trinajstić information content (AvgIpc) is 3.31. The quantitative estimate of drug-likeness (QED) is 0.0511. The fourth-order valence-electron chi connectivity index (χ4n) is 7.61. The van der Waals surface area contributed by atoms with Gasteiger partial charge in [0.1, 0.15) is 55.4 Å². The van der Waals surface area contributed by atoms with Crippen molar-refractivity contribution in [2.45, 2.75) is 77.0 Å². The molecule has 0 radical (unpaired) electrons. The van der Waals surface area contributed by atoms with Gasteiger partial charge in [-0.2, -0.15) is 5.26 Å². The van der Waals surface area contributed by atoms with E-state index in [0.29, 0.717) is 39.7 Å². The van der Waals surface area contributed by atoms with Crippen LogP contribution in [0.1, 0.15) is 72.9 Å². The van der Waals surface area contributed by atoms with E-state index < -0.39 is 59.6 Å². The number of carbonyl (C=O) groups excluding carboxylic acids is 6. The number of amides is 6. The standard InChI is InChI=1S/C49H62N12O8/c1-28-36(26-56-43(57-28)31-8-11-33(12-9-31)49(3,4)5)45(64)59-37(15-19-54-27-41(53)62)48(67)61(6)42-32-10-14-40(69-22-18-52)35(25-32)34-23-30(7-13-39(34)68-21-17-51)24-38(46(65)55-20-16-50)60-44(63)29(2)58-47(42)66/h7-14,23,25-26,29,37-38,42,54H,15,17-22,24,27,51-52H2,1-6H3,(H2,53,62)(H,55,65)(H,58,66)(H,59,64)(H,60,63)/t29-,37?,38-,42-/m0/s1. The van der Waals surface area contributed by atoms with Gasteiger partial charge >= 0.3 is 0 Å². The number of hydrogen-bond acceptors (Lipinski definition) is 14. The topological polar surface area (TPSA) is 312 Å². The first-order valence-corrected chi connectivity index (χ1v) is 22.6. The summed E-state index contributed by atoms with van der Waals surface area (Å²) in [4.78, 5) is 92.8. The van der Waals surface area contributed by atoms with Gasteiger partial charge in [-0.05, 0) is 73.2 Å². The van der Waals surface area contributed by atoms with Gasteiger partial charge < -0.3 is 58.2 Å². The van der Waals surface area contributed by atoms with Crippen molar-refractivity contribution in [1.29, 1.82) is 5.26 Å². The lowest BCUT2D eigenvalue weighted by Crippen LogP contribution is -2.56. The number of rotatable bonds is 18. The van der Waals surface area contributed by atoms with Crippen LogP contribution in [0, 0.1) is 18.3 Å². The van der Waals surface area contributed by atoms with Gasteiger partial charge in [0, 0.05) is 49.4 Å². The highest BCUT2D eigenvalue weighted by atomic mass is 16.5. The number of ether oxygens (including phenoxy) is 2. The molecule has 1 aliphatic heterocycles. The molecular weight excluding hydrogens is 885 g/mol. The molecule has 0 aliphatic carbocycles. The van der Waals surface area contributed by atoms with Crippen LogP contribution in [0.25, 0.3) is 22.5 Å². The van der Waals surface area contributed by atoms with Crippen molar-refractivity contribution in [3.8, 4) is 40.1 Å². The van der Waals surface area contributed by atoms with Crippen molar-refractivity contribution in [1.82, 2.24) is 41.5 Å². The summed E-state index contributed by atoms with van der Waals surface area (Å²) in [6.07, 6.45) is 1.30. The summed E-state index contributed by atoms with van der Waals surface area (Å²) in [5.41, 5.74) is 21.1. The third-order valence-corrected chi connectivity index (χ3v) is 11.3. The molecular formula is C49H62N12O8. The second-order valence-corrected chi connectivity index (χ2v) is 17.6. The Balaban J connectivity index is 1.59. The van der Waals surface area contributed by atoms with E-state index in [2.05, 4.69) is 57.3 Å². The molecule has 3 aromatic carbocycles. The van der Waals surface area contributed by atoms with Crippen molar-refractivity contribution in [3.05, 3.63) is 94.8 Å². The molecule has 20 heteroatoms. The fraction of sp³-hybridized carbons (Fsp3) is 0.408. The Kier molecular flexibility index (Phi) is 18.3. The number of benzene rings is 3. The average molecular weight is 947 g/mol. The number of nitrogens with one attached hydrogen (secondary N) is 5. The van der Waals surface area contributed by atoms with E-state index in [0.717, 1.165) is 16.0 Å². The number of aromatic nitrogens is 2. The number of nitrogens with zero attached hydrogens (tertiary/aromatic N) is 4. The number of carbonyl (C=O) groups is 6. The Morgan fingerprint density at radius 3 is 2.20 bits per heavy atom. The number of fused-ring (bicyclic) bond motifs is 5. The molecule has 4 bridgehead atoms. The third kappa shape index (κ3) is 13.8. The van der Waals surface area contributed by atoms with Crippen LogP contribution in [-0.2, 0) is 35.8 Å². The largest absolute Gasteiger partial charge is 0.492 e. The molecule has 366 valence electrons. The third-order valence-electron chi connectivity index (χ3n) is 11.3. The number of primary amides is 1.